The maximum atomic E-state index is 10.9. The van der Waals surface area contributed by atoms with Gasteiger partial charge in [-0.15, -0.1) is 12.4 Å². The number of hydrogen-bond acceptors (Lipinski definition) is 4. The maximum Gasteiger partial charge on any atom is 0.274 e. The number of nitrogens with two attached hydrogens (primary N) is 1. The molecule has 1 aliphatic heterocycles. The first-order chi connectivity index (χ1) is 8.20. The lowest BCUT2D eigenvalue weighted by atomic mass is 9.87. The van der Waals surface area contributed by atoms with Crippen LogP contribution in [0.1, 0.15) is 24.4 Å². The summed E-state index contributed by atoms with van der Waals surface area (Å²) in [6.45, 7) is 1.39. The first kappa shape index (κ1) is 14.9. The van der Waals surface area contributed by atoms with E-state index in [4.69, 9.17) is 10.5 Å². The number of para-hydroxylation sites is 1. The monoisotopic (exact) mass is 272 g/mol. The van der Waals surface area contributed by atoms with Gasteiger partial charge in [-0.1, -0.05) is 18.2 Å². The Balaban J connectivity index is 0.00000162. The van der Waals surface area contributed by atoms with E-state index in [9.17, 15) is 10.1 Å². The fraction of sp³-hybridized carbons (Fsp3) is 0.500. The zero-order valence-electron chi connectivity index (χ0n) is 9.95. The maximum absolute atomic E-state index is 10.9. The van der Waals surface area contributed by atoms with E-state index >= 15 is 0 Å². The molecular formula is C12H17ClN2O3. The van der Waals surface area contributed by atoms with Crippen LogP contribution in [0.5, 0.6) is 0 Å². The Morgan fingerprint density at radius 1 is 1.33 bits per heavy atom. The number of hydrogen-bond donors (Lipinski definition) is 1. The quantitative estimate of drug-likeness (QED) is 0.677. The van der Waals surface area contributed by atoms with Gasteiger partial charge in [-0.2, -0.15) is 0 Å². The average Bonchev–Trinajstić information content (AvgIpc) is 2.39. The average molecular weight is 273 g/mol. The topological polar surface area (TPSA) is 78.4 Å². The van der Waals surface area contributed by atoms with Gasteiger partial charge in [0.05, 0.1) is 4.92 Å². The minimum absolute atomic E-state index is 0. The molecule has 0 spiro atoms. The van der Waals surface area contributed by atoms with Gasteiger partial charge < -0.3 is 10.5 Å². The van der Waals surface area contributed by atoms with Crippen LogP contribution in [0.25, 0.3) is 0 Å². The first-order valence-electron chi connectivity index (χ1n) is 5.77. The highest BCUT2D eigenvalue weighted by atomic mass is 35.5. The van der Waals surface area contributed by atoms with Crippen molar-refractivity contribution in [3.8, 4) is 0 Å². The molecular weight excluding hydrogens is 256 g/mol. The van der Waals surface area contributed by atoms with Crippen LogP contribution in [0, 0.1) is 16.0 Å². The highest BCUT2D eigenvalue weighted by molar-refractivity contribution is 5.85. The van der Waals surface area contributed by atoms with E-state index in [1.807, 2.05) is 0 Å². The molecule has 0 unspecified atom stereocenters. The lowest BCUT2D eigenvalue weighted by Gasteiger charge is -2.27. The number of benzene rings is 1. The Kier molecular flexibility index (Phi) is 5.53. The summed E-state index contributed by atoms with van der Waals surface area (Å²) >= 11 is 0. The SMILES string of the molecule is Cl.N[C@H](c1ccccc1[N+](=O)[O-])C1CCOCC1. The molecule has 100 valence electrons. The molecule has 5 nitrogen and oxygen atoms in total. The minimum atomic E-state index is -0.367. The van der Waals surface area contributed by atoms with E-state index < -0.39 is 0 Å². The number of nitrogens with zero attached hydrogens (tertiary/aromatic N) is 1. The van der Waals surface area contributed by atoms with Gasteiger partial charge in [0.1, 0.15) is 0 Å². The summed E-state index contributed by atoms with van der Waals surface area (Å²) in [6, 6.07) is 6.44. The van der Waals surface area contributed by atoms with Crippen LogP contribution in [0.3, 0.4) is 0 Å². The Morgan fingerprint density at radius 3 is 2.56 bits per heavy atom. The van der Waals surface area contributed by atoms with Gasteiger partial charge in [-0.05, 0) is 18.8 Å². The number of nitro benzene ring substituents is 1. The van der Waals surface area contributed by atoms with Gasteiger partial charge >= 0.3 is 0 Å². The second-order valence-corrected chi connectivity index (χ2v) is 4.29. The molecule has 18 heavy (non-hydrogen) atoms. The van der Waals surface area contributed by atoms with Crippen molar-refractivity contribution in [3.05, 3.63) is 39.9 Å². The first-order valence-corrected chi connectivity index (χ1v) is 5.77. The highest BCUT2D eigenvalue weighted by Gasteiger charge is 2.27. The summed E-state index contributed by atoms with van der Waals surface area (Å²) in [5.74, 6) is 0.268. The van der Waals surface area contributed by atoms with Crippen molar-refractivity contribution in [1.82, 2.24) is 0 Å². The Labute approximate surface area is 112 Å². The van der Waals surface area contributed by atoms with Gasteiger partial charge in [0, 0.05) is 30.9 Å². The summed E-state index contributed by atoms with van der Waals surface area (Å²) in [6.07, 6.45) is 1.74. The van der Waals surface area contributed by atoms with Crippen LogP contribution < -0.4 is 5.73 Å². The Morgan fingerprint density at radius 2 is 1.94 bits per heavy atom. The van der Waals surface area contributed by atoms with E-state index in [2.05, 4.69) is 0 Å². The van der Waals surface area contributed by atoms with E-state index in [1.54, 1.807) is 18.2 Å². The van der Waals surface area contributed by atoms with E-state index in [0.29, 0.717) is 18.8 Å². The molecule has 1 atom stereocenters. The molecule has 1 aromatic rings. The van der Waals surface area contributed by atoms with E-state index in [-0.39, 0.29) is 35.0 Å². The van der Waals surface area contributed by atoms with Gasteiger partial charge in [-0.25, -0.2) is 0 Å². The molecule has 0 radical (unpaired) electrons. The summed E-state index contributed by atoms with van der Waals surface area (Å²) in [5, 5.41) is 10.9. The van der Waals surface area contributed by atoms with Crippen LogP contribution >= 0.6 is 12.4 Å². The summed E-state index contributed by atoms with van der Waals surface area (Å²) < 4.78 is 5.27. The standard InChI is InChI=1S/C12H16N2O3.ClH/c13-12(9-5-7-17-8-6-9)10-3-1-2-4-11(10)14(15)16;/h1-4,9,12H,5-8,13H2;1H/t12-;/m0./s1. The van der Waals surface area contributed by atoms with Crippen molar-refractivity contribution in [2.24, 2.45) is 11.7 Å². The summed E-state index contributed by atoms with van der Waals surface area (Å²) in [4.78, 5) is 10.6. The molecule has 0 bridgehead atoms. The van der Waals surface area contributed by atoms with Crippen LogP contribution in [0.4, 0.5) is 5.69 Å². The predicted octanol–water partition coefficient (Wildman–Crippen LogP) is 2.44. The molecule has 0 amide bonds. The molecule has 1 fully saturated rings. The fourth-order valence-corrected chi connectivity index (χ4v) is 2.26. The zero-order chi connectivity index (χ0) is 12.3. The summed E-state index contributed by atoms with van der Waals surface area (Å²) in [5.41, 5.74) is 6.89. The lowest BCUT2D eigenvalue weighted by molar-refractivity contribution is -0.385. The van der Waals surface area contributed by atoms with E-state index in [0.717, 1.165) is 12.8 Å². The molecule has 1 aromatic carbocycles. The Hall–Kier alpha value is -1.17. The van der Waals surface area contributed by atoms with Crippen molar-refractivity contribution in [2.75, 3.05) is 13.2 Å². The Bertz CT molecular complexity index is 408. The molecule has 0 saturated carbocycles. The van der Waals surface area contributed by atoms with Gasteiger partial charge in [0.15, 0.2) is 0 Å². The van der Waals surface area contributed by atoms with Gasteiger partial charge in [0.25, 0.3) is 5.69 Å². The third-order valence-electron chi connectivity index (χ3n) is 3.27. The smallest absolute Gasteiger partial charge is 0.274 e. The predicted molar refractivity (Wildman–Crippen MR) is 70.8 cm³/mol. The third kappa shape index (κ3) is 3.19. The van der Waals surface area contributed by atoms with Crippen LogP contribution in [0.15, 0.2) is 24.3 Å². The number of rotatable bonds is 3. The molecule has 2 rings (SSSR count). The molecule has 1 saturated heterocycles. The molecule has 6 heteroatoms. The number of ether oxygens (including phenoxy) is 1. The van der Waals surface area contributed by atoms with Crippen molar-refractivity contribution in [2.45, 2.75) is 18.9 Å². The van der Waals surface area contributed by atoms with Crippen molar-refractivity contribution >= 4 is 18.1 Å². The number of halogens is 1. The zero-order valence-corrected chi connectivity index (χ0v) is 10.8. The molecule has 0 aliphatic carbocycles. The second kappa shape index (κ2) is 6.68. The van der Waals surface area contributed by atoms with Gasteiger partial charge in [0.2, 0.25) is 0 Å². The number of nitro groups is 1. The molecule has 0 aromatic heterocycles. The summed E-state index contributed by atoms with van der Waals surface area (Å²) in [7, 11) is 0. The minimum Gasteiger partial charge on any atom is -0.381 e. The van der Waals surface area contributed by atoms with Crippen LogP contribution in [-0.4, -0.2) is 18.1 Å². The lowest BCUT2D eigenvalue weighted by Crippen LogP contribution is -2.27. The van der Waals surface area contributed by atoms with Crippen LogP contribution in [0.2, 0.25) is 0 Å². The van der Waals surface area contributed by atoms with Crippen molar-refractivity contribution < 1.29 is 9.66 Å². The molecule has 2 N–H and O–H groups in total. The van der Waals surface area contributed by atoms with Crippen molar-refractivity contribution in [1.29, 1.82) is 0 Å². The van der Waals surface area contributed by atoms with Crippen LogP contribution in [-0.2, 0) is 4.74 Å². The largest absolute Gasteiger partial charge is 0.381 e. The van der Waals surface area contributed by atoms with Gasteiger partial charge in [-0.3, -0.25) is 10.1 Å². The highest BCUT2D eigenvalue weighted by Crippen LogP contribution is 2.32. The van der Waals surface area contributed by atoms with E-state index in [1.165, 1.54) is 6.07 Å². The fourth-order valence-electron chi connectivity index (χ4n) is 2.26. The molecule has 1 aliphatic rings. The second-order valence-electron chi connectivity index (χ2n) is 4.29. The third-order valence-corrected chi connectivity index (χ3v) is 3.27. The van der Waals surface area contributed by atoms with Crippen molar-refractivity contribution in [3.63, 3.8) is 0 Å². The molecule has 1 heterocycles. The normalized spacial score (nSPS) is 17.8.